The molecule has 0 atom stereocenters. The first kappa shape index (κ1) is 15.4. The zero-order chi connectivity index (χ0) is 17.4. The number of aromatic carboxylic acids is 1. The van der Waals surface area contributed by atoms with E-state index in [2.05, 4.69) is 5.10 Å². The van der Waals surface area contributed by atoms with Gasteiger partial charge in [0.15, 0.2) is 0 Å². The fourth-order valence-corrected chi connectivity index (χ4v) is 3.11. The number of rotatable bonds is 4. The Morgan fingerprint density at radius 3 is 2.80 bits per heavy atom. The lowest BCUT2D eigenvalue weighted by Gasteiger charge is -2.11. The first-order valence-corrected chi connectivity index (χ1v) is 7.93. The van der Waals surface area contributed by atoms with Crippen molar-refractivity contribution in [2.75, 3.05) is 6.61 Å². The number of hydrogen-bond acceptors (Lipinski definition) is 3. The van der Waals surface area contributed by atoms with Crippen LogP contribution in [-0.2, 0) is 12.8 Å². The summed E-state index contributed by atoms with van der Waals surface area (Å²) in [5, 5.41) is 13.4. The Balaban J connectivity index is 1.68. The Labute approximate surface area is 143 Å². The zero-order valence-corrected chi connectivity index (χ0v) is 13.3. The highest BCUT2D eigenvalue weighted by atomic mass is 19.1. The number of carboxylic acid groups (broad SMARTS) is 1. The number of hydrogen-bond donors (Lipinski definition) is 1. The van der Waals surface area contributed by atoms with Crippen LogP contribution in [0.1, 0.15) is 27.0 Å². The van der Waals surface area contributed by atoms with E-state index in [1.807, 2.05) is 36.5 Å². The highest BCUT2D eigenvalue weighted by Gasteiger charge is 2.26. The molecule has 0 saturated carbocycles. The van der Waals surface area contributed by atoms with Crippen molar-refractivity contribution in [1.29, 1.82) is 0 Å². The molecule has 0 aliphatic carbocycles. The van der Waals surface area contributed by atoms with E-state index < -0.39 is 11.8 Å². The van der Waals surface area contributed by atoms with E-state index in [1.165, 1.54) is 6.07 Å². The van der Waals surface area contributed by atoms with E-state index in [0.29, 0.717) is 36.3 Å². The molecule has 1 aromatic heterocycles. The van der Waals surface area contributed by atoms with Crippen molar-refractivity contribution in [1.82, 2.24) is 9.78 Å². The van der Waals surface area contributed by atoms with Gasteiger partial charge in [-0.2, -0.15) is 5.10 Å². The number of carboxylic acids is 1. The number of fused-ring (bicyclic) bond motifs is 1. The van der Waals surface area contributed by atoms with Crippen molar-refractivity contribution < 1.29 is 19.0 Å². The first-order valence-electron chi connectivity index (χ1n) is 7.93. The number of halogens is 1. The highest BCUT2D eigenvalue weighted by molar-refractivity contribution is 5.89. The minimum absolute atomic E-state index is 0.299. The molecule has 2 aromatic carbocycles. The lowest BCUT2D eigenvalue weighted by atomic mass is 9.97. The number of ether oxygens (including phenoxy) is 1. The van der Waals surface area contributed by atoms with E-state index in [-0.39, 0.29) is 5.56 Å². The molecule has 5 nitrogen and oxygen atoms in total. The molecular weight excluding hydrogens is 323 g/mol. The summed E-state index contributed by atoms with van der Waals surface area (Å²) in [4.78, 5) is 11.3. The molecule has 2 heterocycles. The maximum Gasteiger partial charge on any atom is 0.338 e. The average Bonchev–Trinajstić information content (AvgIpc) is 3.29. The first-order chi connectivity index (χ1) is 12.1. The molecule has 4 rings (SSSR count). The molecule has 0 radical (unpaired) electrons. The molecule has 3 aromatic rings. The zero-order valence-electron chi connectivity index (χ0n) is 13.3. The van der Waals surface area contributed by atoms with Crippen molar-refractivity contribution in [2.45, 2.75) is 12.8 Å². The molecule has 126 valence electrons. The van der Waals surface area contributed by atoms with Gasteiger partial charge in [-0.15, -0.1) is 0 Å². The smallest absolute Gasteiger partial charge is 0.338 e. The van der Waals surface area contributed by atoms with Crippen LogP contribution in [-0.4, -0.2) is 27.5 Å². The molecule has 0 unspecified atom stereocenters. The summed E-state index contributed by atoms with van der Waals surface area (Å²) in [6.45, 7) is 0.376. The van der Waals surface area contributed by atoms with Gasteiger partial charge in [0.25, 0.3) is 0 Å². The van der Waals surface area contributed by atoms with Crippen LogP contribution >= 0.6 is 0 Å². The van der Waals surface area contributed by atoms with Gasteiger partial charge in [0.2, 0.25) is 0 Å². The predicted molar refractivity (Wildman–Crippen MR) is 88.9 cm³/mol. The summed E-state index contributed by atoms with van der Waals surface area (Å²) >= 11 is 0. The van der Waals surface area contributed by atoms with Gasteiger partial charge < -0.3 is 9.84 Å². The van der Waals surface area contributed by atoms with Gasteiger partial charge in [0.05, 0.1) is 17.9 Å². The van der Waals surface area contributed by atoms with E-state index in [9.17, 15) is 14.3 Å². The summed E-state index contributed by atoms with van der Waals surface area (Å²) in [5.41, 5.74) is 2.67. The van der Waals surface area contributed by atoms with Crippen molar-refractivity contribution in [3.63, 3.8) is 0 Å². The largest absolute Gasteiger partial charge is 0.493 e. The third kappa shape index (κ3) is 2.76. The molecule has 0 fully saturated rings. The maximum atomic E-state index is 14.3. The lowest BCUT2D eigenvalue weighted by Crippen LogP contribution is -2.05. The molecular formula is C19H15FN2O3. The van der Waals surface area contributed by atoms with E-state index in [1.54, 1.807) is 10.9 Å². The minimum Gasteiger partial charge on any atom is -0.493 e. The van der Waals surface area contributed by atoms with Gasteiger partial charge >= 0.3 is 5.97 Å². The van der Waals surface area contributed by atoms with Crippen LogP contribution in [0.25, 0.3) is 5.69 Å². The van der Waals surface area contributed by atoms with Crippen molar-refractivity contribution >= 4 is 5.97 Å². The lowest BCUT2D eigenvalue weighted by molar-refractivity contribution is 0.0691. The molecule has 0 saturated heterocycles. The van der Waals surface area contributed by atoms with Crippen LogP contribution in [0.2, 0.25) is 0 Å². The Hall–Kier alpha value is -3.15. The Morgan fingerprint density at radius 2 is 2.12 bits per heavy atom. The van der Waals surface area contributed by atoms with Crippen molar-refractivity contribution in [2.24, 2.45) is 0 Å². The second-order valence-corrected chi connectivity index (χ2v) is 5.90. The fraction of sp³-hybridized carbons (Fsp3) is 0.158. The standard InChI is InChI=1S/C19H15FN2O3/c20-17-15-6-9-25-18(15)13(11-16(17)19(23)24)10-12-2-4-14(5-3-12)22-8-1-7-21-22/h1-5,7-8,11H,6,9-10H2,(H,23,24). The summed E-state index contributed by atoms with van der Waals surface area (Å²) in [5.74, 6) is -1.46. The fourth-order valence-electron chi connectivity index (χ4n) is 3.11. The molecule has 0 amide bonds. The van der Waals surface area contributed by atoms with Gasteiger partial charge in [-0.25, -0.2) is 13.9 Å². The minimum atomic E-state index is -1.26. The van der Waals surface area contributed by atoms with Gasteiger partial charge in [0.1, 0.15) is 11.6 Å². The van der Waals surface area contributed by atoms with Gasteiger partial charge in [0, 0.05) is 30.8 Å². The highest BCUT2D eigenvalue weighted by Crippen LogP contribution is 2.35. The maximum absolute atomic E-state index is 14.3. The Kier molecular flexibility index (Phi) is 3.72. The average molecular weight is 338 g/mol. The molecule has 6 heteroatoms. The summed E-state index contributed by atoms with van der Waals surface area (Å²) in [7, 11) is 0. The van der Waals surface area contributed by atoms with Crippen LogP contribution in [0.5, 0.6) is 5.75 Å². The van der Waals surface area contributed by atoms with Crippen LogP contribution < -0.4 is 4.74 Å². The third-order valence-corrected chi connectivity index (χ3v) is 4.31. The summed E-state index contributed by atoms with van der Waals surface area (Å²) in [6, 6.07) is 11.0. The predicted octanol–water partition coefficient (Wildman–Crippen LogP) is 3.24. The van der Waals surface area contributed by atoms with E-state index >= 15 is 0 Å². The van der Waals surface area contributed by atoms with Crippen molar-refractivity contribution in [3.05, 3.63) is 76.9 Å². The Morgan fingerprint density at radius 1 is 1.32 bits per heavy atom. The number of aromatic nitrogens is 2. The molecule has 0 bridgehead atoms. The summed E-state index contributed by atoms with van der Waals surface area (Å²) in [6.07, 6.45) is 4.44. The van der Waals surface area contributed by atoms with Crippen LogP contribution in [0.4, 0.5) is 4.39 Å². The van der Waals surface area contributed by atoms with E-state index in [4.69, 9.17) is 4.74 Å². The second-order valence-electron chi connectivity index (χ2n) is 5.90. The van der Waals surface area contributed by atoms with Gasteiger partial charge in [-0.3, -0.25) is 0 Å². The number of benzene rings is 2. The molecule has 1 N–H and O–H groups in total. The van der Waals surface area contributed by atoms with Gasteiger partial charge in [-0.1, -0.05) is 12.1 Å². The molecule has 25 heavy (non-hydrogen) atoms. The Bertz CT molecular complexity index is 934. The SMILES string of the molecule is O=C(O)c1cc(Cc2ccc(-n3cccn3)cc2)c2c(c1F)CCO2. The molecule has 0 spiro atoms. The van der Waals surface area contributed by atoms with Crippen LogP contribution in [0.3, 0.4) is 0 Å². The monoisotopic (exact) mass is 338 g/mol. The van der Waals surface area contributed by atoms with Crippen LogP contribution in [0, 0.1) is 5.82 Å². The second kappa shape index (κ2) is 6.05. The van der Waals surface area contributed by atoms with Crippen LogP contribution in [0.15, 0.2) is 48.8 Å². The number of nitrogens with zero attached hydrogens (tertiary/aromatic N) is 2. The number of carbonyl (C=O) groups is 1. The van der Waals surface area contributed by atoms with Crippen molar-refractivity contribution in [3.8, 4) is 11.4 Å². The van der Waals surface area contributed by atoms with E-state index in [0.717, 1.165) is 11.3 Å². The topological polar surface area (TPSA) is 64.3 Å². The van der Waals surface area contributed by atoms with Gasteiger partial charge in [-0.05, 0) is 35.4 Å². The molecule has 1 aliphatic heterocycles. The summed E-state index contributed by atoms with van der Waals surface area (Å²) < 4.78 is 21.6. The quantitative estimate of drug-likeness (QED) is 0.793. The third-order valence-electron chi connectivity index (χ3n) is 4.31. The normalized spacial score (nSPS) is 12.7. The molecule has 1 aliphatic rings.